The fraction of sp³-hybridized carbons (Fsp3) is 0.870. The van der Waals surface area contributed by atoms with Gasteiger partial charge in [-0.05, 0) is 71.1 Å². The molecule has 0 aromatic carbocycles. The maximum absolute atomic E-state index is 12.7. The van der Waals surface area contributed by atoms with Crippen molar-refractivity contribution in [3.8, 4) is 0 Å². The first-order valence-corrected chi connectivity index (χ1v) is 11.2. The molecule has 158 valence electrons. The Morgan fingerprint density at radius 1 is 1.21 bits per heavy atom. The van der Waals surface area contributed by atoms with E-state index in [1.807, 2.05) is 25.7 Å². The molecule has 3 atom stereocenters. The predicted molar refractivity (Wildman–Crippen MR) is 108 cm³/mol. The lowest BCUT2D eigenvalue weighted by molar-refractivity contribution is -0.268. The first kappa shape index (κ1) is 20.2. The minimum absolute atomic E-state index is 0.0000477. The van der Waals surface area contributed by atoms with Crippen molar-refractivity contribution in [1.82, 2.24) is 4.90 Å². The second-order valence-electron chi connectivity index (χ2n) is 10.3. The molecule has 2 saturated heterocycles. The average molecular weight is 392 g/mol. The van der Waals surface area contributed by atoms with E-state index in [2.05, 4.69) is 13.0 Å². The number of nitrogens with zero attached hydrogens (tertiary/aromatic N) is 1. The van der Waals surface area contributed by atoms with E-state index in [9.17, 15) is 4.79 Å². The number of amides is 1. The number of allylic oxidation sites excluding steroid dienone is 1. The van der Waals surface area contributed by atoms with Crippen LogP contribution >= 0.6 is 0 Å². The highest BCUT2D eigenvalue weighted by Gasteiger charge is 2.64. The molecule has 2 spiro atoms. The summed E-state index contributed by atoms with van der Waals surface area (Å²) in [5, 5.41) is 0. The summed E-state index contributed by atoms with van der Waals surface area (Å²) in [6, 6.07) is 0. The van der Waals surface area contributed by atoms with E-state index in [4.69, 9.17) is 14.2 Å². The van der Waals surface area contributed by atoms with E-state index >= 15 is 0 Å². The van der Waals surface area contributed by atoms with Crippen LogP contribution in [0.5, 0.6) is 0 Å². The van der Waals surface area contributed by atoms with Crippen LogP contribution in [0.25, 0.3) is 0 Å². The summed E-state index contributed by atoms with van der Waals surface area (Å²) >= 11 is 0. The van der Waals surface area contributed by atoms with Crippen LogP contribution in [-0.4, -0.2) is 48.7 Å². The quantitative estimate of drug-likeness (QED) is 0.551. The summed E-state index contributed by atoms with van der Waals surface area (Å²) in [6.45, 7) is 11.1. The van der Waals surface area contributed by atoms with E-state index in [0.717, 1.165) is 51.6 Å². The molecule has 1 saturated carbocycles. The van der Waals surface area contributed by atoms with Crippen LogP contribution in [0.4, 0.5) is 4.79 Å². The Bertz CT molecular complexity index is 631. The number of hydrogen-bond donors (Lipinski definition) is 0. The molecular formula is C23H37NO4. The van der Waals surface area contributed by atoms with Gasteiger partial charge in [0.25, 0.3) is 0 Å². The molecule has 4 rings (SSSR count). The fourth-order valence-electron chi connectivity index (χ4n) is 6.33. The number of ether oxygens (including phenoxy) is 3. The Kier molecular flexibility index (Phi) is 5.28. The van der Waals surface area contributed by atoms with Gasteiger partial charge in [-0.25, -0.2) is 4.79 Å². The lowest BCUT2D eigenvalue weighted by atomic mass is 9.56. The zero-order chi connectivity index (χ0) is 20.0. The topological polar surface area (TPSA) is 48.0 Å². The molecule has 5 nitrogen and oxygen atoms in total. The Hall–Kier alpha value is -1.07. The first-order chi connectivity index (χ1) is 13.3. The Labute approximate surface area is 169 Å². The van der Waals surface area contributed by atoms with Gasteiger partial charge in [-0.3, -0.25) is 0 Å². The van der Waals surface area contributed by atoms with E-state index in [-0.39, 0.29) is 11.5 Å². The van der Waals surface area contributed by atoms with Crippen molar-refractivity contribution in [1.29, 1.82) is 0 Å². The van der Waals surface area contributed by atoms with Gasteiger partial charge in [-0.15, -0.1) is 0 Å². The molecule has 0 bridgehead atoms. The van der Waals surface area contributed by atoms with Crippen LogP contribution in [0.3, 0.4) is 0 Å². The Morgan fingerprint density at radius 3 is 2.64 bits per heavy atom. The van der Waals surface area contributed by atoms with Crippen molar-refractivity contribution in [2.24, 2.45) is 17.3 Å². The van der Waals surface area contributed by atoms with Gasteiger partial charge < -0.3 is 19.1 Å². The van der Waals surface area contributed by atoms with E-state index in [1.165, 1.54) is 12.0 Å². The summed E-state index contributed by atoms with van der Waals surface area (Å²) in [4.78, 5) is 14.6. The molecule has 4 aliphatic rings. The standard InChI is InChI=1S/C23H37NO4/c1-17-15-19-9-8-18-7-5-11-24(20(25)28-21(2,3)4)12-6-10-22(18,19)23(16-17)26-13-14-27-23/h8,17,19H,5-7,9-16H2,1-4H3/t17-,19-,22-/m1/s1. The van der Waals surface area contributed by atoms with Crippen molar-refractivity contribution in [2.45, 2.75) is 84.0 Å². The molecule has 0 radical (unpaired) electrons. The van der Waals surface area contributed by atoms with Crippen molar-refractivity contribution >= 4 is 6.09 Å². The summed E-state index contributed by atoms with van der Waals surface area (Å²) < 4.78 is 18.5. The zero-order valence-corrected chi connectivity index (χ0v) is 18.1. The van der Waals surface area contributed by atoms with Gasteiger partial charge in [0.2, 0.25) is 0 Å². The molecule has 0 aromatic rings. The third kappa shape index (κ3) is 3.39. The van der Waals surface area contributed by atoms with E-state index in [0.29, 0.717) is 25.0 Å². The second-order valence-corrected chi connectivity index (χ2v) is 10.3. The molecule has 0 aromatic heterocycles. The molecule has 0 unspecified atom stereocenters. The molecule has 2 heterocycles. The molecule has 28 heavy (non-hydrogen) atoms. The number of carbonyl (C=O) groups is 1. The highest BCUT2D eigenvalue weighted by molar-refractivity contribution is 5.68. The zero-order valence-electron chi connectivity index (χ0n) is 18.1. The maximum Gasteiger partial charge on any atom is 0.410 e. The predicted octanol–water partition coefficient (Wildman–Crippen LogP) is 4.90. The van der Waals surface area contributed by atoms with Crippen molar-refractivity contribution in [3.05, 3.63) is 11.6 Å². The molecule has 1 amide bonds. The highest BCUT2D eigenvalue weighted by atomic mass is 16.7. The van der Waals surface area contributed by atoms with Gasteiger partial charge in [-0.2, -0.15) is 0 Å². The molecule has 2 aliphatic heterocycles. The monoisotopic (exact) mass is 391 g/mol. The SMILES string of the molecule is C[C@@H]1C[C@H]2CC=C3CCCN(C(=O)OC(C)(C)C)CCC[C@@]32C2(C1)OCCO2. The molecular weight excluding hydrogens is 354 g/mol. The summed E-state index contributed by atoms with van der Waals surface area (Å²) in [6.07, 6.45) is 9.72. The van der Waals surface area contributed by atoms with Crippen LogP contribution in [-0.2, 0) is 14.2 Å². The number of rotatable bonds is 0. The Balaban J connectivity index is 1.57. The van der Waals surface area contributed by atoms with Crippen molar-refractivity contribution in [2.75, 3.05) is 26.3 Å². The minimum Gasteiger partial charge on any atom is -0.444 e. The van der Waals surface area contributed by atoms with Crippen LogP contribution in [0.1, 0.15) is 72.6 Å². The molecule has 5 heteroatoms. The van der Waals surface area contributed by atoms with Crippen LogP contribution in [0.2, 0.25) is 0 Å². The Morgan fingerprint density at radius 2 is 1.93 bits per heavy atom. The summed E-state index contributed by atoms with van der Waals surface area (Å²) in [7, 11) is 0. The van der Waals surface area contributed by atoms with Gasteiger partial charge in [0.1, 0.15) is 5.60 Å². The van der Waals surface area contributed by atoms with Crippen molar-refractivity contribution in [3.63, 3.8) is 0 Å². The minimum atomic E-state index is -0.451. The second kappa shape index (κ2) is 7.32. The molecule has 2 aliphatic carbocycles. The largest absolute Gasteiger partial charge is 0.444 e. The van der Waals surface area contributed by atoms with E-state index < -0.39 is 11.4 Å². The number of carbonyl (C=O) groups excluding carboxylic acids is 1. The van der Waals surface area contributed by atoms with Crippen molar-refractivity contribution < 1.29 is 19.0 Å². The molecule has 3 fully saturated rings. The average Bonchev–Trinajstić information content (AvgIpc) is 3.19. The van der Waals surface area contributed by atoms with Gasteiger partial charge in [0.15, 0.2) is 5.79 Å². The van der Waals surface area contributed by atoms with Gasteiger partial charge in [-0.1, -0.05) is 18.6 Å². The van der Waals surface area contributed by atoms with Crippen LogP contribution in [0, 0.1) is 17.3 Å². The van der Waals surface area contributed by atoms with Crippen LogP contribution in [0.15, 0.2) is 11.6 Å². The maximum atomic E-state index is 12.7. The normalized spacial score (nSPS) is 35.4. The summed E-state index contributed by atoms with van der Waals surface area (Å²) in [5.74, 6) is 0.795. The van der Waals surface area contributed by atoms with Gasteiger partial charge >= 0.3 is 6.09 Å². The fourth-order valence-corrected chi connectivity index (χ4v) is 6.33. The lowest BCUT2D eigenvalue weighted by Crippen LogP contribution is -2.57. The van der Waals surface area contributed by atoms with Crippen LogP contribution < -0.4 is 0 Å². The third-order valence-electron chi connectivity index (χ3n) is 7.18. The number of hydrogen-bond acceptors (Lipinski definition) is 4. The lowest BCUT2D eigenvalue weighted by Gasteiger charge is -2.55. The van der Waals surface area contributed by atoms with E-state index in [1.54, 1.807) is 0 Å². The highest BCUT2D eigenvalue weighted by Crippen LogP contribution is 2.64. The van der Waals surface area contributed by atoms with Gasteiger partial charge in [0.05, 0.1) is 13.2 Å². The third-order valence-corrected chi connectivity index (χ3v) is 7.18. The molecule has 0 N–H and O–H groups in total. The summed E-state index contributed by atoms with van der Waals surface area (Å²) in [5.41, 5.74) is 1.09. The smallest absolute Gasteiger partial charge is 0.410 e. The first-order valence-electron chi connectivity index (χ1n) is 11.2. The van der Waals surface area contributed by atoms with Gasteiger partial charge in [0, 0.05) is 24.9 Å².